The number of ether oxygens (including phenoxy) is 2. The Hall–Kier alpha value is -2.41. The molecule has 8 nitrogen and oxygen atoms in total. The molecule has 0 aliphatic heterocycles. The molecule has 2 heterocycles. The second-order valence-corrected chi connectivity index (χ2v) is 9.46. The van der Waals surface area contributed by atoms with E-state index in [-0.39, 0.29) is 39.0 Å². The van der Waals surface area contributed by atoms with Gasteiger partial charge in [-0.15, -0.1) is 11.3 Å². The third-order valence-electron chi connectivity index (χ3n) is 4.96. The van der Waals surface area contributed by atoms with Gasteiger partial charge in [0.25, 0.3) is 0 Å². The summed E-state index contributed by atoms with van der Waals surface area (Å²) in [4.78, 5) is 37.9. The Morgan fingerprint density at radius 1 is 1.21 bits per heavy atom. The van der Waals surface area contributed by atoms with Crippen LogP contribution < -0.4 is 5.32 Å². The van der Waals surface area contributed by atoms with Crippen molar-refractivity contribution in [2.45, 2.75) is 58.7 Å². The Morgan fingerprint density at radius 3 is 2.44 bits per heavy atom. The first-order valence-electron chi connectivity index (χ1n) is 10.6. The fourth-order valence-corrected chi connectivity index (χ4v) is 5.25. The van der Waals surface area contributed by atoms with Crippen LogP contribution in [0.25, 0.3) is 0 Å². The van der Waals surface area contributed by atoms with Gasteiger partial charge in [-0.2, -0.15) is 18.3 Å². The van der Waals surface area contributed by atoms with Crippen LogP contribution in [0, 0.1) is 6.92 Å². The van der Waals surface area contributed by atoms with Gasteiger partial charge in [0.1, 0.15) is 16.4 Å². The van der Waals surface area contributed by atoms with Crippen LogP contribution in [0.4, 0.5) is 18.2 Å². The van der Waals surface area contributed by atoms with Crippen LogP contribution in [0.2, 0.25) is 0 Å². The molecule has 3 rings (SSSR count). The van der Waals surface area contributed by atoms with Crippen molar-refractivity contribution in [3.8, 4) is 0 Å². The van der Waals surface area contributed by atoms with Crippen molar-refractivity contribution in [3.63, 3.8) is 0 Å². The second-order valence-electron chi connectivity index (χ2n) is 7.64. The molecular formula is C21H23BrF3N3O5S. The smallest absolute Gasteiger partial charge is 0.436 e. The minimum Gasteiger partial charge on any atom is -0.462 e. The van der Waals surface area contributed by atoms with Gasteiger partial charge in [0.05, 0.1) is 28.9 Å². The molecule has 0 bridgehead atoms. The van der Waals surface area contributed by atoms with Crippen molar-refractivity contribution in [2.24, 2.45) is 0 Å². The molecule has 1 aliphatic carbocycles. The molecule has 0 spiro atoms. The van der Waals surface area contributed by atoms with Crippen LogP contribution in [0.3, 0.4) is 0 Å². The largest absolute Gasteiger partial charge is 0.462 e. The number of anilines is 1. The van der Waals surface area contributed by atoms with Crippen molar-refractivity contribution in [1.82, 2.24) is 9.78 Å². The van der Waals surface area contributed by atoms with Crippen LogP contribution in [-0.4, -0.2) is 40.8 Å². The number of aromatic nitrogens is 2. The molecule has 0 atom stereocenters. The molecule has 1 amide bonds. The minimum atomic E-state index is -4.68. The molecule has 1 aliphatic rings. The number of rotatable bonds is 9. The fourth-order valence-electron chi connectivity index (χ4n) is 3.31. The highest BCUT2D eigenvalue weighted by Crippen LogP contribution is 2.47. The minimum absolute atomic E-state index is 0.00916. The molecule has 1 fully saturated rings. The predicted molar refractivity (Wildman–Crippen MR) is 121 cm³/mol. The average Bonchev–Trinajstić information content (AvgIpc) is 3.45. The highest BCUT2D eigenvalue weighted by atomic mass is 79.9. The number of esters is 2. The molecule has 0 radical (unpaired) electrons. The van der Waals surface area contributed by atoms with E-state index in [0.717, 1.165) is 16.0 Å². The predicted octanol–water partition coefficient (Wildman–Crippen LogP) is 5.29. The summed E-state index contributed by atoms with van der Waals surface area (Å²) in [6.45, 7) is 4.74. The lowest BCUT2D eigenvalue weighted by Crippen LogP contribution is -2.22. The molecule has 34 heavy (non-hydrogen) atoms. The summed E-state index contributed by atoms with van der Waals surface area (Å²) < 4.78 is 51.1. The topological polar surface area (TPSA) is 99.5 Å². The van der Waals surface area contributed by atoms with E-state index in [9.17, 15) is 27.6 Å². The zero-order valence-corrected chi connectivity index (χ0v) is 21.1. The van der Waals surface area contributed by atoms with E-state index in [1.165, 1.54) is 6.92 Å². The van der Waals surface area contributed by atoms with Gasteiger partial charge in [-0.05, 0) is 54.6 Å². The van der Waals surface area contributed by atoms with Crippen LogP contribution in [0.1, 0.15) is 76.0 Å². The maximum absolute atomic E-state index is 13.3. The van der Waals surface area contributed by atoms with Crippen LogP contribution >= 0.6 is 27.3 Å². The van der Waals surface area contributed by atoms with Gasteiger partial charge in [0.15, 0.2) is 5.69 Å². The quantitative estimate of drug-likeness (QED) is 0.414. The molecule has 0 saturated heterocycles. The molecule has 13 heteroatoms. The maximum Gasteiger partial charge on any atom is 0.436 e. The van der Waals surface area contributed by atoms with Crippen LogP contribution in [0.15, 0.2) is 4.47 Å². The lowest BCUT2D eigenvalue weighted by atomic mass is 10.1. The molecule has 186 valence electrons. The van der Waals surface area contributed by atoms with E-state index < -0.39 is 36.3 Å². The van der Waals surface area contributed by atoms with Gasteiger partial charge < -0.3 is 14.8 Å². The molecule has 1 N–H and O–H groups in total. The van der Waals surface area contributed by atoms with E-state index in [0.29, 0.717) is 30.5 Å². The fraction of sp³-hybridized carbons (Fsp3) is 0.524. The lowest BCUT2D eigenvalue weighted by Gasteiger charge is -2.09. The van der Waals surface area contributed by atoms with Crippen molar-refractivity contribution < 1.29 is 37.0 Å². The highest BCUT2D eigenvalue weighted by Gasteiger charge is 2.42. The Labute approximate surface area is 205 Å². The number of alkyl halides is 3. The van der Waals surface area contributed by atoms with E-state index in [2.05, 4.69) is 26.3 Å². The molecular weight excluding hydrogens is 543 g/mol. The van der Waals surface area contributed by atoms with Crippen molar-refractivity contribution >= 4 is 50.1 Å². The Balaban J connectivity index is 1.90. The van der Waals surface area contributed by atoms with Gasteiger partial charge in [-0.3, -0.25) is 9.48 Å². The summed E-state index contributed by atoms with van der Waals surface area (Å²) in [6, 6.07) is 0. The summed E-state index contributed by atoms with van der Waals surface area (Å²) in [6.07, 6.45) is -2.71. The SMILES string of the molecule is CCCOC(=O)c1c(NC(=O)Cn2nc(C(F)(F)F)c(Br)c2C2CC2)sc(C(=O)OCC)c1C. The first-order valence-corrected chi connectivity index (χ1v) is 12.2. The molecule has 1 saturated carbocycles. The zero-order chi connectivity index (χ0) is 25.2. The molecule has 0 aromatic carbocycles. The third kappa shape index (κ3) is 5.62. The Bertz CT molecular complexity index is 1110. The summed E-state index contributed by atoms with van der Waals surface area (Å²) >= 11 is 3.83. The van der Waals surface area contributed by atoms with Crippen LogP contribution in [0.5, 0.6) is 0 Å². The lowest BCUT2D eigenvalue weighted by molar-refractivity contribution is -0.142. The summed E-state index contributed by atoms with van der Waals surface area (Å²) in [5.74, 6) is -2.20. The first kappa shape index (κ1) is 26.2. The number of amides is 1. The number of thiophene rings is 1. The van der Waals surface area contributed by atoms with Gasteiger partial charge in [0, 0.05) is 5.92 Å². The van der Waals surface area contributed by atoms with Gasteiger partial charge in [0.2, 0.25) is 5.91 Å². The molecule has 2 aromatic heterocycles. The number of halogens is 4. The summed E-state index contributed by atoms with van der Waals surface area (Å²) in [7, 11) is 0. The first-order chi connectivity index (χ1) is 16.0. The Kier molecular flexibility index (Phi) is 8.06. The number of hydrogen-bond donors (Lipinski definition) is 1. The number of nitrogens with one attached hydrogen (secondary N) is 1. The van der Waals surface area contributed by atoms with Gasteiger partial charge in [-0.25, -0.2) is 9.59 Å². The normalized spacial score (nSPS) is 13.6. The van der Waals surface area contributed by atoms with Crippen molar-refractivity contribution in [3.05, 3.63) is 31.9 Å². The van der Waals surface area contributed by atoms with Crippen molar-refractivity contribution in [1.29, 1.82) is 0 Å². The zero-order valence-electron chi connectivity index (χ0n) is 18.7. The third-order valence-corrected chi connectivity index (χ3v) is 6.93. The average molecular weight is 566 g/mol. The second kappa shape index (κ2) is 10.5. The Morgan fingerprint density at radius 2 is 1.88 bits per heavy atom. The maximum atomic E-state index is 13.3. The van der Waals surface area contributed by atoms with E-state index >= 15 is 0 Å². The number of carbonyl (C=O) groups excluding carboxylic acids is 3. The van der Waals surface area contributed by atoms with Gasteiger partial charge >= 0.3 is 18.1 Å². The van der Waals surface area contributed by atoms with Crippen molar-refractivity contribution in [2.75, 3.05) is 18.5 Å². The molecule has 0 unspecified atom stereocenters. The van der Waals surface area contributed by atoms with E-state index in [1.807, 2.05) is 6.92 Å². The number of nitrogens with zero attached hydrogens (tertiary/aromatic N) is 2. The van der Waals surface area contributed by atoms with Crippen LogP contribution in [-0.2, 0) is 27.0 Å². The van der Waals surface area contributed by atoms with Gasteiger partial charge in [-0.1, -0.05) is 6.92 Å². The monoisotopic (exact) mass is 565 g/mol. The van der Waals surface area contributed by atoms with E-state index in [4.69, 9.17) is 9.47 Å². The molecule has 2 aromatic rings. The summed E-state index contributed by atoms with van der Waals surface area (Å²) in [5, 5.41) is 6.22. The number of carbonyl (C=O) groups is 3. The summed E-state index contributed by atoms with van der Waals surface area (Å²) in [5.41, 5.74) is -0.489. The standard InChI is InChI=1S/C21H23BrF3N3O5S/c1-4-8-33-19(30)13-10(3)16(20(31)32-5-2)34-18(13)26-12(29)9-28-15(11-6-7-11)14(22)17(27-28)21(23,24)25/h11H,4-9H2,1-3H3,(H,26,29). The van der Waals surface area contributed by atoms with E-state index in [1.54, 1.807) is 6.92 Å². The highest BCUT2D eigenvalue weighted by molar-refractivity contribution is 9.10. The number of hydrogen-bond acceptors (Lipinski definition) is 7.